The maximum Gasteiger partial charge on any atom is 0.0246 e. The minimum Gasteiger partial charge on any atom is -0.317 e. The summed E-state index contributed by atoms with van der Waals surface area (Å²) >= 11 is 0. The van der Waals surface area contributed by atoms with Crippen molar-refractivity contribution in [3.8, 4) is 0 Å². The van der Waals surface area contributed by atoms with Crippen LogP contribution in [0.15, 0.2) is 0 Å². The molecule has 1 rings (SSSR count). The second-order valence-electron chi connectivity index (χ2n) is 4.57. The minimum absolute atomic E-state index is 0.504. The normalized spacial score (nSPS) is 22.5. The van der Waals surface area contributed by atoms with Crippen molar-refractivity contribution in [2.24, 2.45) is 5.92 Å². The molecule has 0 aliphatic carbocycles. The van der Waals surface area contributed by atoms with Crippen LogP contribution >= 0.6 is 0 Å². The van der Waals surface area contributed by atoms with E-state index in [1.54, 1.807) is 6.26 Å². The van der Waals surface area contributed by atoms with Crippen LogP contribution in [0.1, 0.15) is 26.2 Å². The van der Waals surface area contributed by atoms with E-state index in [0.29, 0.717) is 6.04 Å². The standard InChI is InChI=1S/C11H24N2OS/c1-10(5-8-15(2)14)13-9-11-3-6-12-7-4-11/h10-13H,3-9H2,1-2H3. The summed E-state index contributed by atoms with van der Waals surface area (Å²) in [6, 6.07) is 0.504. The highest BCUT2D eigenvalue weighted by atomic mass is 32.2. The Morgan fingerprint density at radius 1 is 1.47 bits per heavy atom. The number of piperidine rings is 1. The highest BCUT2D eigenvalue weighted by molar-refractivity contribution is 7.84. The molecule has 3 nitrogen and oxygen atoms in total. The van der Waals surface area contributed by atoms with Crippen molar-refractivity contribution in [2.75, 3.05) is 31.6 Å². The highest BCUT2D eigenvalue weighted by Crippen LogP contribution is 2.10. The predicted molar refractivity (Wildman–Crippen MR) is 66.6 cm³/mol. The lowest BCUT2D eigenvalue weighted by Crippen LogP contribution is -2.37. The summed E-state index contributed by atoms with van der Waals surface area (Å²) in [5.41, 5.74) is 0. The van der Waals surface area contributed by atoms with Crippen LogP contribution in [0.25, 0.3) is 0 Å². The van der Waals surface area contributed by atoms with E-state index in [-0.39, 0.29) is 0 Å². The number of hydrogen-bond acceptors (Lipinski definition) is 3. The molecule has 1 saturated heterocycles. The third-order valence-corrected chi connectivity index (χ3v) is 3.86. The molecule has 15 heavy (non-hydrogen) atoms. The molecular formula is C11H24N2OS. The first-order valence-electron chi connectivity index (χ1n) is 5.92. The fraction of sp³-hybridized carbons (Fsp3) is 1.00. The lowest BCUT2D eigenvalue weighted by molar-refractivity contribution is 0.342. The average Bonchev–Trinajstić information content (AvgIpc) is 2.25. The summed E-state index contributed by atoms with van der Waals surface area (Å²) in [5.74, 6) is 1.65. The van der Waals surface area contributed by atoms with Crippen molar-refractivity contribution in [3.63, 3.8) is 0 Å². The number of nitrogens with one attached hydrogen (secondary N) is 2. The summed E-state index contributed by atoms with van der Waals surface area (Å²) < 4.78 is 10.9. The quantitative estimate of drug-likeness (QED) is 0.709. The van der Waals surface area contributed by atoms with Gasteiger partial charge in [0.15, 0.2) is 0 Å². The topological polar surface area (TPSA) is 41.1 Å². The van der Waals surface area contributed by atoms with E-state index in [2.05, 4.69) is 17.6 Å². The Bertz CT molecular complexity index is 193. The fourth-order valence-electron chi connectivity index (χ4n) is 1.90. The van der Waals surface area contributed by atoms with Crippen LogP contribution in [0.2, 0.25) is 0 Å². The van der Waals surface area contributed by atoms with Crippen molar-refractivity contribution in [1.82, 2.24) is 10.6 Å². The molecule has 2 atom stereocenters. The van der Waals surface area contributed by atoms with Crippen molar-refractivity contribution in [2.45, 2.75) is 32.2 Å². The number of hydrogen-bond donors (Lipinski definition) is 2. The molecule has 2 N–H and O–H groups in total. The summed E-state index contributed by atoms with van der Waals surface area (Å²) in [6.45, 7) is 5.65. The van der Waals surface area contributed by atoms with E-state index in [0.717, 1.165) is 24.6 Å². The summed E-state index contributed by atoms with van der Waals surface area (Å²) in [4.78, 5) is 0. The zero-order chi connectivity index (χ0) is 11.1. The first kappa shape index (κ1) is 13.1. The van der Waals surface area contributed by atoms with E-state index >= 15 is 0 Å². The van der Waals surface area contributed by atoms with Gasteiger partial charge >= 0.3 is 0 Å². The summed E-state index contributed by atoms with van der Waals surface area (Å²) in [7, 11) is -0.644. The first-order chi connectivity index (χ1) is 7.18. The van der Waals surface area contributed by atoms with Gasteiger partial charge in [0.25, 0.3) is 0 Å². The molecular weight excluding hydrogens is 208 g/mol. The molecule has 0 radical (unpaired) electrons. The summed E-state index contributed by atoms with van der Waals surface area (Å²) in [5, 5.41) is 6.92. The molecule has 0 aromatic heterocycles. The Morgan fingerprint density at radius 2 is 2.13 bits per heavy atom. The highest BCUT2D eigenvalue weighted by Gasteiger charge is 2.13. The van der Waals surface area contributed by atoms with Gasteiger partial charge in [-0.2, -0.15) is 0 Å². The Labute approximate surface area is 95.9 Å². The third kappa shape index (κ3) is 6.28. The second-order valence-corrected chi connectivity index (χ2v) is 6.12. The van der Waals surface area contributed by atoms with Gasteiger partial charge in [-0.05, 0) is 51.7 Å². The smallest absolute Gasteiger partial charge is 0.0246 e. The lowest BCUT2D eigenvalue weighted by Gasteiger charge is -2.24. The Balaban J connectivity index is 2.04. The van der Waals surface area contributed by atoms with E-state index in [9.17, 15) is 4.21 Å². The van der Waals surface area contributed by atoms with Crippen LogP contribution < -0.4 is 10.6 Å². The number of rotatable bonds is 6. The Kier molecular flexibility index (Phi) is 6.45. The van der Waals surface area contributed by atoms with Gasteiger partial charge in [0, 0.05) is 28.9 Å². The van der Waals surface area contributed by atoms with E-state index in [1.165, 1.54) is 25.9 Å². The molecule has 0 amide bonds. The molecule has 2 unspecified atom stereocenters. The minimum atomic E-state index is -0.644. The molecule has 0 saturated carbocycles. The van der Waals surface area contributed by atoms with Gasteiger partial charge in [0.05, 0.1) is 0 Å². The molecule has 0 aromatic carbocycles. The molecule has 4 heteroatoms. The maximum absolute atomic E-state index is 10.9. The third-order valence-electron chi connectivity index (χ3n) is 3.05. The first-order valence-corrected chi connectivity index (χ1v) is 7.65. The van der Waals surface area contributed by atoms with Crippen molar-refractivity contribution < 1.29 is 4.21 Å². The SMILES string of the molecule is CC(CCS(C)=O)NCC1CCNCC1. The van der Waals surface area contributed by atoms with Gasteiger partial charge < -0.3 is 10.6 Å². The maximum atomic E-state index is 10.9. The van der Waals surface area contributed by atoms with Crippen LogP contribution in [0.3, 0.4) is 0 Å². The molecule has 0 spiro atoms. The van der Waals surface area contributed by atoms with Crippen LogP contribution in [-0.4, -0.2) is 41.9 Å². The second kappa shape index (κ2) is 7.36. The zero-order valence-corrected chi connectivity index (χ0v) is 10.7. The van der Waals surface area contributed by atoms with E-state index in [4.69, 9.17) is 0 Å². The molecule has 1 aliphatic heterocycles. The molecule has 0 bridgehead atoms. The van der Waals surface area contributed by atoms with Gasteiger partial charge in [0.2, 0.25) is 0 Å². The van der Waals surface area contributed by atoms with E-state index in [1.807, 2.05) is 0 Å². The van der Waals surface area contributed by atoms with Crippen molar-refractivity contribution in [3.05, 3.63) is 0 Å². The van der Waals surface area contributed by atoms with Gasteiger partial charge in [-0.25, -0.2) is 0 Å². The van der Waals surface area contributed by atoms with Crippen LogP contribution in [0.4, 0.5) is 0 Å². The molecule has 90 valence electrons. The Hall–Kier alpha value is 0.0700. The van der Waals surface area contributed by atoms with Gasteiger partial charge in [-0.15, -0.1) is 0 Å². The zero-order valence-electron chi connectivity index (χ0n) is 9.92. The van der Waals surface area contributed by atoms with Gasteiger partial charge in [0.1, 0.15) is 0 Å². The monoisotopic (exact) mass is 232 g/mol. The van der Waals surface area contributed by atoms with Crippen LogP contribution in [0.5, 0.6) is 0 Å². The predicted octanol–water partition coefficient (Wildman–Crippen LogP) is 0.733. The molecule has 0 aromatic rings. The fourth-order valence-corrected chi connectivity index (χ4v) is 2.58. The lowest BCUT2D eigenvalue weighted by atomic mass is 9.98. The van der Waals surface area contributed by atoms with Crippen LogP contribution in [0, 0.1) is 5.92 Å². The largest absolute Gasteiger partial charge is 0.317 e. The van der Waals surface area contributed by atoms with E-state index < -0.39 is 10.8 Å². The van der Waals surface area contributed by atoms with Crippen molar-refractivity contribution >= 4 is 10.8 Å². The molecule has 1 heterocycles. The van der Waals surface area contributed by atoms with Gasteiger partial charge in [-0.1, -0.05) is 0 Å². The summed E-state index contributed by atoms with van der Waals surface area (Å²) in [6.07, 6.45) is 5.38. The average molecular weight is 232 g/mol. The molecule has 1 fully saturated rings. The molecule has 1 aliphatic rings. The van der Waals surface area contributed by atoms with Crippen molar-refractivity contribution in [1.29, 1.82) is 0 Å². The Morgan fingerprint density at radius 3 is 2.73 bits per heavy atom. The van der Waals surface area contributed by atoms with Crippen LogP contribution in [-0.2, 0) is 10.8 Å². The van der Waals surface area contributed by atoms with Gasteiger partial charge in [-0.3, -0.25) is 4.21 Å².